The highest BCUT2D eigenvalue weighted by Crippen LogP contribution is 2.26. The fourth-order valence-corrected chi connectivity index (χ4v) is 2.98. The van der Waals surface area contributed by atoms with Crippen molar-refractivity contribution in [2.45, 2.75) is 44.7 Å². The molecule has 8 heteroatoms. The summed E-state index contributed by atoms with van der Waals surface area (Å²) in [6, 6.07) is 6.17. The van der Waals surface area contributed by atoms with Crippen molar-refractivity contribution >= 4 is 23.5 Å². The maximum absolute atomic E-state index is 9.69. The van der Waals surface area contributed by atoms with Gasteiger partial charge in [-0.3, -0.25) is 0 Å². The van der Waals surface area contributed by atoms with Crippen LogP contribution >= 0.6 is 0 Å². The summed E-state index contributed by atoms with van der Waals surface area (Å²) < 4.78 is 0. The molecule has 0 unspecified atom stereocenters. The average Bonchev–Trinajstić information content (AvgIpc) is 3.43. The monoisotopic (exact) mass is 355 g/mol. The summed E-state index contributed by atoms with van der Waals surface area (Å²) in [6.45, 7) is 3.87. The fraction of sp³-hybridized carbons (Fsp3) is 0.500. The Kier molecular flexibility index (Phi) is 4.75. The van der Waals surface area contributed by atoms with Crippen LogP contribution in [0.2, 0.25) is 0 Å². The summed E-state index contributed by atoms with van der Waals surface area (Å²) in [5.74, 6) is 1.95. The third-order valence-corrected chi connectivity index (χ3v) is 4.67. The lowest BCUT2D eigenvalue weighted by Crippen LogP contribution is -2.35. The van der Waals surface area contributed by atoms with Crippen LogP contribution in [-0.2, 0) is 0 Å². The van der Waals surface area contributed by atoms with Crippen molar-refractivity contribution in [3.8, 4) is 5.75 Å². The Morgan fingerprint density at radius 3 is 2.15 bits per heavy atom. The van der Waals surface area contributed by atoms with Crippen LogP contribution in [0, 0.1) is 6.92 Å². The highest BCUT2D eigenvalue weighted by atomic mass is 16.3. The van der Waals surface area contributed by atoms with E-state index in [1.165, 1.54) is 0 Å². The number of hydrogen-bond acceptors (Lipinski definition) is 8. The van der Waals surface area contributed by atoms with Crippen molar-refractivity contribution in [1.29, 1.82) is 0 Å². The van der Waals surface area contributed by atoms with Crippen LogP contribution in [0.3, 0.4) is 0 Å². The molecule has 1 saturated heterocycles. The lowest BCUT2D eigenvalue weighted by Gasteiger charge is -2.23. The average molecular weight is 355 g/mol. The topological polar surface area (TPSA) is 107 Å². The van der Waals surface area contributed by atoms with E-state index in [1.807, 2.05) is 13.0 Å². The van der Waals surface area contributed by atoms with Gasteiger partial charge in [0, 0.05) is 17.8 Å². The molecule has 5 N–H and O–H groups in total. The first-order valence-corrected chi connectivity index (χ1v) is 9.22. The summed E-state index contributed by atoms with van der Waals surface area (Å²) in [6.07, 6.45) is 4.42. The van der Waals surface area contributed by atoms with Crippen LogP contribution in [0.15, 0.2) is 18.2 Å². The van der Waals surface area contributed by atoms with Crippen molar-refractivity contribution in [1.82, 2.24) is 20.3 Å². The number of nitrogens with zero attached hydrogens (tertiary/aromatic N) is 3. The summed E-state index contributed by atoms with van der Waals surface area (Å²) in [4.78, 5) is 13.6. The first-order valence-electron chi connectivity index (χ1n) is 9.22. The lowest BCUT2D eigenvalue weighted by atomic mass is 10.1. The number of aromatic nitrogens is 3. The molecule has 1 aromatic carbocycles. The quantitative estimate of drug-likeness (QED) is 0.503. The zero-order chi connectivity index (χ0) is 17.9. The van der Waals surface area contributed by atoms with Crippen LogP contribution in [0.1, 0.15) is 31.2 Å². The first kappa shape index (κ1) is 16.8. The van der Waals surface area contributed by atoms with Crippen LogP contribution in [0.4, 0.5) is 23.5 Å². The number of aryl methyl sites for hydroxylation is 1. The molecule has 2 aliphatic rings. The number of anilines is 4. The molecule has 4 rings (SSSR count). The molecule has 2 fully saturated rings. The molecule has 1 aliphatic heterocycles. The van der Waals surface area contributed by atoms with Gasteiger partial charge in [-0.2, -0.15) is 15.0 Å². The summed E-state index contributed by atoms with van der Waals surface area (Å²) in [5, 5.41) is 23.1. The van der Waals surface area contributed by atoms with Crippen molar-refractivity contribution < 1.29 is 5.11 Å². The third kappa shape index (κ3) is 4.32. The molecule has 0 bridgehead atoms. The molecule has 138 valence electrons. The van der Waals surface area contributed by atoms with Gasteiger partial charge >= 0.3 is 0 Å². The maximum Gasteiger partial charge on any atom is 0.233 e. The molecular formula is C18H25N7O. The molecule has 2 aromatic rings. The number of piperidine rings is 1. The summed E-state index contributed by atoms with van der Waals surface area (Å²) >= 11 is 0. The number of phenolic OH excluding ortho intramolecular Hbond substituents is 1. The van der Waals surface area contributed by atoms with Crippen molar-refractivity contribution in [2.75, 3.05) is 29.0 Å². The minimum Gasteiger partial charge on any atom is -0.508 e. The van der Waals surface area contributed by atoms with Crippen LogP contribution in [0.5, 0.6) is 5.75 Å². The van der Waals surface area contributed by atoms with E-state index in [2.05, 4.69) is 36.2 Å². The number of benzene rings is 1. The van der Waals surface area contributed by atoms with E-state index in [1.54, 1.807) is 12.1 Å². The molecule has 0 spiro atoms. The predicted molar refractivity (Wildman–Crippen MR) is 102 cm³/mol. The summed E-state index contributed by atoms with van der Waals surface area (Å²) in [7, 11) is 0. The number of aromatic hydroxyl groups is 1. The van der Waals surface area contributed by atoms with Gasteiger partial charge < -0.3 is 26.4 Å². The Bertz CT molecular complexity index is 772. The molecule has 26 heavy (non-hydrogen) atoms. The second-order valence-electron chi connectivity index (χ2n) is 7.02. The van der Waals surface area contributed by atoms with Crippen LogP contribution in [0.25, 0.3) is 0 Å². The number of hydrogen-bond donors (Lipinski definition) is 5. The van der Waals surface area contributed by atoms with Gasteiger partial charge in [-0.05, 0) is 69.5 Å². The number of rotatable bonds is 6. The molecule has 0 radical (unpaired) electrons. The Morgan fingerprint density at radius 1 is 0.923 bits per heavy atom. The SMILES string of the molecule is Cc1cc(Nc2nc(NC3CCNCC3)nc(NC3CC3)n2)ccc1O. The third-order valence-electron chi connectivity index (χ3n) is 4.67. The van der Waals surface area contributed by atoms with Gasteiger partial charge in [0.1, 0.15) is 5.75 Å². The molecular weight excluding hydrogens is 330 g/mol. The van der Waals surface area contributed by atoms with Gasteiger partial charge in [0.15, 0.2) is 0 Å². The second kappa shape index (κ2) is 7.33. The molecule has 2 heterocycles. The highest BCUT2D eigenvalue weighted by Gasteiger charge is 2.23. The molecule has 1 aliphatic carbocycles. The van der Waals surface area contributed by atoms with E-state index < -0.39 is 0 Å². The van der Waals surface area contributed by atoms with E-state index >= 15 is 0 Å². The Balaban J connectivity index is 1.55. The second-order valence-corrected chi connectivity index (χ2v) is 7.02. The van der Waals surface area contributed by atoms with E-state index in [0.717, 1.165) is 50.0 Å². The van der Waals surface area contributed by atoms with E-state index in [9.17, 15) is 5.11 Å². The van der Waals surface area contributed by atoms with Crippen LogP contribution in [-0.4, -0.2) is 45.2 Å². The van der Waals surface area contributed by atoms with Gasteiger partial charge in [0.25, 0.3) is 0 Å². The van der Waals surface area contributed by atoms with Crippen molar-refractivity contribution in [3.63, 3.8) is 0 Å². The van der Waals surface area contributed by atoms with E-state index in [0.29, 0.717) is 29.9 Å². The van der Waals surface area contributed by atoms with Gasteiger partial charge in [-0.25, -0.2) is 0 Å². The predicted octanol–water partition coefficient (Wildman–Crippen LogP) is 2.37. The molecule has 0 amide bonds. The van der Waals surface area contributed by atoms with Crippen molar-refractivity contribution in [2.24, 2.45) is 0 Å². The number of phenols is 1. The lowest BCUT2D eigenvalue weighted by molar-refractivity contribution is 0.471. The van der Waals surface area contributed by atoms with Crippen molar-refractivity contribution in [3.05, 3.63) is 23.8 Å². The molecule has 1 saturated carbocycles. The first-order chi connectivity index (χ1) is 12.7. The van der Waals surface area contributed by atoms with Crippen LogP contribution < -0.4 is 21.3 Å². The van der Waals surface area contributed by atoms with Gasteiger partial charge in [-0.15, -0.1) is 0 Å². The maximum atomic E-state index is 9.69. The largest absolute Gasteiger partial charge is 0.508 e. The number of nitrogens with one attached hydrogen (secondary N) is 4. The van der Waals surface area contributed by atoms with E-state index in [-0.39, 0.29) is 5.75 Å². The standard InChI is InChI=1S/C18H25N7O/c1-11-10-14(4-5-15(11)26)22-18-24-16(20-12-2-3-12)23-17(25-18)21-13-6-8-19-9-7-13/h4-5,10,12-13,19,26H,2-3,6-9H2,1H3,(H3,20,21,22,23,24,25). The van der Waals surface area contributed by atoms with Gasteiger partial charge in [-0.1, -0.05) is 0 Å². The minimum absolute atomic E-state index is 0.274. The highest BCUT2D eigenvalue weighted by molar-refractivity contribution is 5.58. The summed E-state index contributed by atoms with van der Waals surface area (Å²) in [5.41, 5.74) is 1.63. The Hall–Kier alpha value is -2.61. The normalized spacial score (nSPS) is 17.7. The fourth-order valence-electron chi connectivity index (χ4n) is 2.98. The minimum atomic E-state index is 0.274. The van der Waals surface area contributed by atoms with Gasteiger partial charge in [0.05, 0.1) is 0 Å². The van der Waals surface area contributed by atoms with E-state index in [4.69, 9.17) is 0 Å². The smallest absolute Gasteiger partial charge is 0.233 e. The molecule has 8 nitrogen and oxygen atoms in total. The van der Waals surface area contributed by atoms with Gasteiger partial charge in [0.2, 0.25) is 17.8 Å². The molecule has 0 atom stereocenters. The molecule has 1 aromatic heterocycles. The Labute approximate surface area is 152 Å². The zero-order valence-corrected chi connectivity index (χ0v) is 14.9. The zero-order valence-electron chi connectivity index (χ0n) is 14.9. The Morgan fingerprint density at radius 2 is 1.54 bits per heavy atom.